The molecule has 0 aliphatic heterocycles. The van der Waals surface area contributed by atoms with Crippen molar-refractivity contribution in [1.82, 2.24) is 0 Å². The van der Waals surface area contributed by atoms with Gasteiger partial charge >= 0.3 is 0 Å². The summed E-state index contributed by atoms with van der Waals surface area (Å²) in [4.78, 5) is 10.2. The fraction of sp³-hybridized carbons (Fsp3) is 0.533. The van der Waals surface area contributed by atoms with Crippen LogP contribution in [0, 0.1) is 5.41 Å². The van der Waals surface area contributed by atoms with Crippen LogP contribution < -0.4 is 5.32 Å². The molecular formula is C15H24BrNO. The van der Waals surface area contributed by atoms with Crippen LogP contribution in [0.25, 0.3) is 0 Å². The number of rotatable bonds is 4. The highest BCUT2D eigenvalue weighted by molar-refractivity contribution is 9.09. The number of halogens is 1. The molecule has 0 aliphatic carbocycles. The zero-order valence-corrected chi connectivity index (χ0v) is 13.4. The average Bonchev–Trinajstić information content (AvgIpc) is 2.31. The lowest BCUT2D eigenvalue weighted by atomic mass is 9.88. The van der Waals surface area contributed by atoms with E-state index in [-0.39, 0.29) is 0 Å². The quantitative estimate of drug-likeness (QED) is 0.637. The zero-order chi connectivity index (χ0) is 14.0. The van der Waals surface area contributed by atoms with Gasteiger partial charge in [0.15, 0.2) is 0 Å². The van der Waals surface area contributed by atoms with Crippen LogP contribution in [-0.4, -0.2) is 11.7 Å². The molecule has 0 bridgehead atoms. The summed E-state index contributed by atoms with van der Waals surface area (Å²) in [7, 11) is 0. The highest BCUT2D eigenvalue weighted by Crippen LogP contribution is 2.21. The molecule has 102 valence electrons. The molecule has 0 fully saturated rings. The van der Waals surface area contributed by atoms with Crippen LogP contribution in [0.4, 0.5) is 5.69 Å². The summed E-state index contributed by atoms with van der Waals surface area (Å²) >= 11 is 3.25. The molecule has 0 unspecified atom stereocenters. The Morgan fingerprint density at radius 1 is 1.22 bits per heavy atom. The van der Waals surface area contributed by atoms with Crippen LogP contribution >= 0.6 is 15.9 Å². The van der Waals surface area contributed by atoms with Gasteiger partial charge in [-0.1, -0.05) is 55.8 Å². The van der Waals surface area contributed by atoms with Crippen molar-refractivity contribution in [3.05, 3.63) is 29.8 Å². The van der Waals surface area contributed by atoms with Crippen molar-refractivity contribution in [2.75, 3.05) is 10.6 Å². The van der Waals surface area contributed by atoms with E-state index in [1.165, 1.54) is 12.0 Å². The molecule has 0 saturated heterocycles. The molecule has 1 N–H and O–H groups in total. The Bertz CT molecular complexity index is 325. The zero-order valence-electron chi connectivity index (χ0n) is 11.8. The molecule has 1 aromatic rings. The van der Waals surface area contributed by atoms with Gasteiger partial charge in [0.2, 0.25) is 6.41 Å². The number of hydrogen-bond acceptors (Lipinski definition) is 1. The summed E-state index contributed by atoms with van der Waals surface area (Å²) in [6.07, 6.45) is 2.98. The Labute approximate surface area is 119 Å². The van der Waals surface area contributed by atoms with Gasteiger partial charge < -0.3 is 5.32 Å². The van der Waals surface area contributed by atoms with Crippen LogP contribution in [0.3, 0.4) is 0 Å². The number of amides is 1. The summed E-state index contributed by atoms with van der Waals surface area (Å²) in [6, 6.07) is 7.96. The van der Waals surface area contributed by atoms with Crippen molar-refractivity contribution < 1.29 is 4.79 Å². The van der Waals surface area contributed by atoms with Gasteiger partial charge in [-0.2, -0.15) is 0 Å². The van der Waals surface area contributed by atoms with E-state index in [4.69, 9.17) is 0 Å². The van der Waals surface area contributed by atoms with Gasteiger partial charge in [0.1, 0.15) is 0 Å². The van der Waals surface area contributed by atoms with Crippen LogP contribution in [0.1, 0.15) is 39.7 Å². The Hall–Kier alpha value is -0.830. The summed E-state index contributed by atoms with van der Waals surface area (Å²) in [5.74, 6) is 0. The van der Waals surface area contributed by atoms with Crippen molar-refractivity contribution in [2.24, 2.45) is 5.41 Å². The second-order valence-corrected chi connectivity index (χ2v) is 6.18. The van der Waals surface area contributed by atoms with E-state index in [9.17, 15) is 4.79 Å². The molecule has 2 nitrogen and oxygen atoms in total. The summed E-state index contributed by atoms with van der Waals surface area (Å²) in [6.45, 7) is 8.77. The number of alkyl halides is 1. The molecule has 0 aromatic heterocycles. The molecule has 1 aromatic carbocycles. The molecule has 0 heterocycles. The van der Waals surface area contributed by atoms with Gasteiger partial charge in [-0.15, -0.1) is 0 Å². The molecule has 0 atom stereocenters. The van der Waals surface area contributed by atoms with Crippen LogP contribution in [0.5, 0.6) is 0 Å². The van der Waals surface area contributed by atoms with Crippen LogP contribution in [0.2, 0.25) is 0 Å². The predicted molar refractivity (Wildman–Crippen MR) is 83.4 cm³/mol. The number of anilines is 1. The lowest BCUT2D eigenvalue weighted by Crippen LogP contribution is -2.08. The third-order valence-electron chi connectivity index (χ3n) is 2.10. The van der Waals surface area contributed by atoms with Crippen molar-refractivity contribution in [2.45, 2.75) is 40.5 Å². The van der Waals surface area contributed by atoms with Gasteiger partial charge in [-0.05, 0) is 36.0 Å². The SMILES string of the molecule is CC(C)(C)Cc1ccc(NC=O)cc1.CCCBr. The number of carbonyl (C=O) groups is 1. The number of nitrogens with one attached hydrogen (secondary N) is 1. The first-order valence-electron chi connectivity index (χ1n) is 6.28. The van der Waals surface area contributed by atoms with Gasteiger partial charge in [0, 0.05) is 11.0 Å². The second-order valence-electron chi connectivity index (χ2n) is 5.39. The Balaban J connectivity index is 0.000000631. The molecule has 1 amide bonds. The molecule has 18 heavy (non-hydrogen) atoms. The standard InChI is InChI=1S/C12H17NO.C3H7Br/c1-12(2,3)8-10-4-6-11(7-5-10)13-9-14;1-2-3-4/h4-7,9H,8H2,1-3H3,(H,13,14);2-3H2,1H3. The van der Waals surface area contributed by atoms with Crippen molar-refractivity contribution in [3.63, 3.8) is 0 Å². The summed E-state index contributed by atoms with van der Waals surface area (Å²) in [5, 5.41) is 3.75. The fourth-order valence-corrected chi connectivity index (χ4v) is 1.40. The predicted octanol–water partition coefficient (Wildman–Crippen LogP) is 4.63. The molecule has 0 spiro atoms. The molecule has 0 radical (unpaired) electrons. The number of benzene rings is 1. The van der Waals surface area contributed by atoms with Gasteiger partial charge in [0.05, 0.1) is 0 Å². The van der Waals surface area contributed by atoms with Crippen molar-refractivity contribution in [3.8, 4) is 0 Å². The minimum absolute atomic E-state index is 0.305. The normalized spacial score (nSPS) is 10.3. The largest absolute Gasteiger partial charge is 0.329 e. The first-order valence-corrected chi connectivity index (χ1v) is 7.40. The third kappa shape index (κ3) is 9.23. The highest BCUT2D eigenvalue weighted by atomic mass is 79.9. The van der Waals surface area contributed by atoms with E-state index in [0.717, 1.165) is 17.4 Å². The maximum atomic E-state index is 10.2. The van der Waals surface area contributed by atoms with Gasteiger partial charge in [-0.3, -0.25) is 4.79 Å². The first-order chi connectivity index (χ1) is 8.42. The van der Waals surface area contributed by atoms with E-state index < -0.39 is 0 Å². The van der Waals surface area contributed by atoms with Gasteiger partial charge in [0.25, 0.3) is 0 Å². The minimum Gasteiger partial charge on any atom is -0.329 e. The average molecular weight is 314 g/mol. The minimum atomic E-state index is 0.305. The van der Waals surface area contributed by atoms with E-state index in [1.54, 1.807) is 0 Å². The Morgan fingerprint density at radius 2 is 1.72 bits per heavy atom. The number of hydrogen-bond donors (Lipinski definition) is 1. The molecule has 1 rings (SSSR count). The summed E-state index contributed by atoms with van der Waals surface area (Å²) in [5.41, 5.74) is 2.45. The van der Waals surface area contributed by atoms with E-state index in [1.807, 2.05) is 12.1 Å². The molecule has 0 saturated carbocycles. The van der Waals surface area contributed by atoms with Crippen molar-refractivity contribution in [1.29, 1.82) is 0 Å². The van der Waals surface area contributed by atoms with Gasteiger partial charge in [-0.25, -0.2) is 0 Å². The van der Waals surface area contributed by atoms with Crippen LogP contribution in [0.15, 0.2) is 24.3 Å². The lowest BCUT2D eigenvalue weighted by molar-refractivity contribution is -0.105. The fourth-order valence-electron chi connectivity index (χ4n) is 1.40. The first kappa shape index (κ1) is 17.2. The van der Waals surface area contributed by atoms with E-state index in [2.05, 4.69) is 61.1 Å². The molecule has 3 heteroatoms. The molecule has 0 aliphatic rings. The topological polar surface area (TPSA) is 29.1 Å². The highest BCUT2D eigenvalue weighted by Gasteiger charge is 2.10. The maximum Gasteiger partial charge on any atom is 0.211 e. The molecular weight excluding hydrogens is 290 g/mol. The smallest absolute Gasteiger partial charge is 0.211 e. The Morgan fingerprint density at radius 3 is 2.06 bits per heavy atom. The summed E-state index contributed by atoms with van der Waals surface area (Å²) < 4.78 is 0. The number of carbonyl (C=O) groups excluding carboxylic acids is 1. The van der Waals surface area contributed by atoms with Crippen molar-refractivity contribution >= 4 is 28.0 Å². The third-order valence-corrected chi connectivity index (χ3v) is 2.90. The van der Waals surface area contributed by atoms with Crippen LogP contribution in [-0.2, 0) is 11.2 Å². The lowest BCUT2D eigenvalue weighted by Gasteiger charge is -2.18. The maximum absolute atomic E-state index is 10.2. The Kier molecular flexibility index (Phi) is 8.73. The monoisotopic (exact) mass is 313 g/mol. The van der Waals surface area contributed by atoms with E-state index in [0.29, 0.717) is 11.8 Å². The second kappa shape index (κ2) is 9.15. The van der Waals surface area contributed by atoms with E-state index >= 15 is 0 Å².